The molecule has 0 unspecified atom stereocenters. The number of carbonyl (C=O) groups excluding carboxylic acids is 1. The third kappa shape index (κ3) is 6.67. The minimum atomic E-state index is -3.91. The summed E-state index contributed by atoms with van der Waals surface area (Å²) in [4.78, 5) is 16.4. The molecule has 11 heteroatoms. The number of amides is 1. The first-order valence-electron chi connectivity index (χ1n) is 7.10. The summed E-state index contributed by atoms with van der Waals surface area (Å²) in [6.45, 7) is 3.83. The van der Waals surface area contributed by atoms with E-state index in [0.29, 0.717) is 28.7 Å². The van der Waals surface area contributed by atoms with Crippen molar-refractivity contribution < 1.29 is 70.6 Å². The molecule has 2 aliphatic heterocycles. The third-order valence-corrected chi connectivity index (χ3v) is 6.60. The van der Waals surface area contributed by atoms with Crippen LogP contribution in [0.25, 0.3) is 0 Å². The molecule has 2 saturated heterocycles. The van der Waals surface area contributed by atoms with E-state index in [2.05, 4.69) is 4.90 Å². The minimum absolute atomic E-state index is 0. The van der Waals surface area contributed by atoms with E-state index in [1.165, 1.54) is 11.8 Å². The first-order chi connectivity index (χ1) is 10.8. The molecular weight excluding hydrogens is 416 g/mol. The number of hydrogen-bond acceptors (Lipinski definition) is 7. The second-order valence-corrected chi connectivity index (χ2v) is 9.29. The van der Waals surface area contributed by atoms with E-state index >= 15 is 0 Å². The summed E-state index contributed by atoms with van der Waals surface area (Å²) in [5.74, 6) is 0.609. The van der Waals surface area contributed by atoms with Gasteiger partial charge < -0.3 is 6.33 Å². The summed E-state index contributed by atoms with van der Waals surface area (Å²) in [6, 6.07) is 0. The Morgan fingerprint density at radius 1 is 1.42 bits per heavy atom. The molecule has 130 valence electrons. The van der Waals surface area contributed by atoms with Gasteiger partial charge in [0.15, 0.2) is 0 Å². The molecule has 1 amide bonds. The Balaban J connectivity index is 0.00000288. The van der Waals surface area contributed by atoms with Crippen LogP contribution < -0.4 is 51.4 Å². The molecule has 2 fully saturated rings. The van der Waals surface area contributed by atoms with Crippen LogP contribution in [0.1, 0.15) is 14.8 Å². The fourth-order valence-corrected chi connectivity index (χ4v) is 5.08. The van der Waals surface area contributed by atoms with Gasteiger partial charge in [0.05, 0.1) is 15.7 Å². The summed E-state index contributed by atoms with van der Waals surface area (Å²) in [5, 5.41) is 1.00. The van der Waals surface area contributed by atoms with Gasteiger partial charge in [0.2, 0.25) is 0 Å². The maximum Gasteiger partial charge on any atom is 1.00 e. The van der Waals surface area contributed by atoms with Crippen LogP contribution in [-0.4, -0.2) is 64.1 Å². The van der Waals surface area contributed by atoms with Gasteiger partial charge in [-0.25, -0.2) is 0 Å². The van der Waals surface area contributed by atoms with Crippen molar-refractivity contribution in [2.45, 2.75) is 13.3 Å². The zero-order valence-corrected chi connectivity index (χ0v) is 20.0. The molecule has 0 bridgehead atoms. The first-order valence-corrected chi connectivity index (χ1v) is 10.9. The van der Waals surface area contributed by atoms with Gasteiger partial charge in [-0.1, -0.05) is 24.0 Å². The average Bonchev–Trinajstić information content (AvgIpc) is 3.00. The number of hydrogen-bond donors (Lipinski definition) is 1. The SMILES string of the molecule is CCN1C(=O)C(=CC=C2SCCN2CCCS(=O)(=O)O)SC1=S.[H-].[K+]. The maximum absolute atomic E-state index is 12.1. The molecule has 0 spiro atoms. The van der Waals surface area contributed by atoms with Crippen molar-refractivity contribution in [1.29, 1.82) is 0 Å². The summed E-state index contributed by atoms with van der Waals surface area (Å²) in [7, 11) is -3.91. The van der Waals surface area contributed by atoms with Crippen LogP contribution in [0.2, 0.25) is 0 Å². The molecule has 0 saturated carbocycles. The number of rotatable bonds is 6. The monoisotopic (exact) mass is 434 g/mol. The average molecular weight is 435 g/mol. The minimum Gasteiger partial charge on any atom is -1.00 e. The Morgan fingerprint density at radius 2 is 2.12 bits per heavy atom. The van der Waals surface area contributed by atoms with E-state index < -0.39 is 10.1 Å². The van der Waals surface area contributed by atoms with Crippen molar-refractivity contribution >= 4 is 56.1 Å². The van der Waals surface area contributed by atoms with Crippen molar-refractivity contribution in [2.75, 3.05) is 31.1 Å². The number of nitrogens with zero attached hydrogens (tertiary/aromatic N) is 2. The van der Waals surface area contributed by atoms with Gasteiger partial charge in [0.25, 0.3) is 16.0 Å². The summed E-state index contributed by atoms with van der Waals surface area (Å²) in [5.41, 5.74) is 0. The molecule has 0 atom stereocenters. The molecule has 6 nitrogen and oxygen atoms in total. The number of thioether (sulfide) groups is 2. The molecule has 0 aromatic carbocycles. The molecule has 1 N–H and O–H groups in total. The molecule has 0 aromatic rings. The number of allylic oxidation sites excluding steroid dienone is 2. The topological polar surface area (TPSA) is 77.9 Å². The van der Waals surface area contributed by atoms with Crippen LogP contribution in [0.4, 0.5) is 0 Å². The normalized spacial score (nSPS) is 21.9. The number of thiocarbonyl (C=S) groups is 1. The third-order valence-electron chi connectivity index (χ3n) is 3.32. The predicted octanol–water partition coefficient (Wildman–Crippen LogP) is -0.965. The molecule has 0 radical (unpaired) electrons. The Morgan fingerprint density at radius 3 is 2.71 bits per heavy atom. The smallest absolute Gasteiger partial charge is 1.00 e. The van der Waals surface area contributed by atoms with Crippen LogP contribution in [0, 0.1) is 0 Å². The Hall–Kier alpha value is 1.09. The summed E-state index contributed by atoms with van der Waals surface area (Å²) < 4.78 is 30.9. The largest absolute Gasteiger partial charge is 1.00 e. The van der Waals surface area contributed by atoms with E-state index in [9.17, 15) is 13.2 Å². The van der Waals surface area contributed by atoms with Gasteiger partial charge in [-0.3, -0.25) is 14.2 Å². The first kappa shape index (κ1) is 23.1. The molecule has 2 heterocycles. The fraction of sp³-hybridized carbons (Fsp3) is 0.538. The van der Waals surface area contributed by atoms with Gasteiger partial charge in [-0.15, -0.1) is 11.8 Å². The molecule has 2 rings (SSSR count). The molecule has 0 aliphatic carbocycles. The van der Waals surface area contributed by atoms with E-state index in [-0.39, 0.29) is 64.5 Å². The summed E-state index contributed by atoms with van der Waals surface area (Å²) >= 11 is 8.13. The van der Waals surface area contributed by atoms with Crippen molar-refractivity contribution in [3.63, 3.8) is 0 Å². The fourth-order valence-electron chi connectivity index (χ4n) is 2.21. The van der Waals surface area contributed by atoms with Crippen LogP contribution >= 0.6 is 35.7 Å². The molecule has 2 aliphatic rings. The second kappa shape index (κ2) is 10.4. The zero-order chi connectivity index (χ0) is 17.0. The second-order valence-electron chi connectivity index (χ2n) is 4.93. The number of carbonyl (C=O) groups is 1. The summed E-state index contributed by atoms with van der Waals surface area (Å²) in [6.07, 6.45) is 4.03. The van der Waals surface area contributed by atoms with Crippen LogP contribution in [0.5, 0.6) is 0 Å². The maximum atomic E-state index is 12.1. The standard InChI is InChI=1S/C13H18N2O4S4.K.H/c1-2-15-12(16)10(22-13(15)20)4-5-11-14(7-8-21-11)6-3-9-23(17,18)19;;/h4-5H,2-3,6-9H2,1H3,(H,17,18,19);;/q;+1;-1. The van der Waals surface area contributed by atoms with Crippen LogP contribution in [0.15, 0.2) is 22.1 Å². The van der Waals surface area contributed by atoms with E-state index in [1.54, 1.807) is 22.7 Å². The van der Waals surface area contributed by atoms with Gasteiger partial charge in [-0.2, -0.15) is 8.42 Å². The van der Waals surface area contributed by atoms with Gasteiger partial charge in [-0.05, 0) is 25.5 Å². The quantitative estimate of drug-likeness (QED) is 0.248. The predicted molar refractivity (Wildman–Crippen MR) is 99.9 cm³/mol. The zero-order valence-electron chi connectivity index (χ0n) is 14.6. The van der Waals surface area contributed by atoms with Gasteiger partial charge in [0, 0.05) is 25.4 Å². The van der Waals surface area contributed by atoms with Gasteiger partial charge >= 0.3 is 51.4 Å². The van der Waals surface area contributed by atoms with Crippen LogP contribution in [-0.2, 0) is 14.9 Å². The van der Waals surface area contributed by atoms with Gasteiger partial charge in [0.1, 0.15) is 4.32 Å². The van der Waals surface area contributed by atoms with E-state index in [4.69, 9.17) is 16.8 Å². The van der Waals surface area contributed by atoms with E-state index in [1.807, 2.05) is 13.0 Å². The number of likely N-dealkylation sites (N-methyl/N-ethyl adjacent to an activating group) is 1. The molecule has 24 heavy (non-hydrogen) atoms. The van der Waals surface area contributed by atoms with Crippen molar-refractivity contribution in [3.05, 3.63) is 22.1 Å². The van der Waals surface area contributed by atoms with Crippen molar-refractivity contribution in [1.82, 2.24) is 9.80 Å². The Labute approximate surface area is 200 Å². The van der Waals surface area contributed by atoms with E-state index in [0.717, 1.165) is 17.3 Å². The molecular formula is C13H19KN2O4S4. The Bertz CT molecular complexity index is 669. The van der Waals surface area contributed by atoms with Crippen molar-refractivity contribution in [3.8, 4) is 0 Å². The Kier molecular flexibility index (Phi) is 10.0. The molecule has 0 aromatic heterocycles. The van der Waals surface area contributed by atoms with Crippen LogP contribution in [0.3, 0.4) is 0 Å². The van der Waals surface area contributed by atoms with Crippen molar-refractivity contribution in [2.24, 2.45) is 0 Å².